The molecule has 0 aliphatic rings. The molecule has 0 fully saturated rings. The van der Waals surface area contributed by atoms with Crippen molar-refractivity contribution >= 4 is 17.7 Å². The van der Waals surface area contributed by atoms with Gasteiger partial charge in [0, 0.05) is 19.5 Å². The van der Waals surface area contributed by atoms with Gasteiger partial charge in [-0.05, 0) is 0 Å². The van der Waals surface area contributed by atoms with Crippen molar-refractivity contribution in [1.82, 2.24) is 0 Å². The maximum absolute atomic E-state index is 10.7. The van der Waals surface area contributed by atoms with E-state index in [2.05, 4.69) is 12.6 Å². The Morgan fingerprint density at radius 2 is 1.71 bits per heavy atom. The maximum Gasteiger partial charge on any atom is 0.275 e. The zero-order valence-electron chi connectivity index (χ0n) is 2.98. The molecule has 0 aromatic rings. The van der Waals surface area contributed by atoms with Gasteiger partial charge in [0.25, 0.3) is 6.43 Å². The fourth-order valence-corrected chi connectivity index (χ4v) is 0. The third kappa shape index (κ3) is 6.37. The van der Waals surface area contributed by atoms with E-state index in [-0.39, 0.29) is 19.5 Å². The molecule has 0 aromatic carbocycles. The van der Waals surface area contributed by atoms with E-state index in [9.17, 15) is 13.6 Å². The standard InChI is InChI=1S/C2H2F2OS.Rh/c3-1(4)2(5)6;/h1H,(H,5,6);/p-1. The minimum absolute atomic E-state index is 0. The summed E-state index contributed by atoms with van der Waals surface area (Å²) in [6.07, 6.45) is -2.97. The number of carbonyl (C=O) groups is 1. The van der Waals surface area contributed by atoms with Crippen LogP contribution >= 0.6 is 0 Å². The van der Waals surface area contributed by atoms with Gasteiger partial charge in [-0.15, -0.1) is 0 Å². The van der Waals surface area contributed by atoms with Crippen molar-refractivity contribution < 1.29 is 33.1 Å². The van der Waals surface area contributed by atoms with Crippen molar-refractivity contribution in [1.29, 1.82) is 0 Å². The summed E-state index contributed by atoms with van der Waals surface area (Å²) < 4.78 is 21.4. The van der Waals surface area contributed by atoms with Crippen LogP contribution in [0, 0.1) is 0 Å². The fourth-order valence-electron chi connectivity index (χ4n) is 0. The van der Waals surface area contributed by atoms with E-state index in [1.54, 1.807) is 0 Å². The summed E-state index contributed by atoms with van der Waals surface area (Å²) in [6, 6.07) is 0. The Balaban J connectivity index is 0. The predicted octanol–water partition coefficient (Wildman–Crippen LogP) is 0.322. The molecule has 7 heavy (non-hydrogen) atoms. The topological polar surface area (TPSA) is 17.1 Å². The molecule has 0 bridgehead atoms. The van der Waals surface area contributed by atoms with Crippen molar-refractivity contribution in [3.05, 3.63) is 0 Å². The van der Waals surface area contributed by atoms with Crippen LogP contribution < -0.4 is 0 Å². The van der Waals surface area contributed by atoms with Crippen molar-refractivity contribution in [2.24, 2.45) is 0 Å². The minimum Gasteiger partial charge on any atom is -0.736 e. The Morgan fingerprint density at radius 1 is 1.57 bits per heavy atom. The first-order valence-corrected chi connectivity index (χ1v) is 1.54. The summed E-state index contributed by atoms with van der Waals surface area (Å²) in [4.78, 5) is 9.21. The van der Waals surface area contributed by atoms with Gasteiger partial charge in [0.1, 0.15) is 0 Å². The van der Waals surface area contributed by atoms with Crippen LogP contribution in [0.4, 0.5) is 8.78 Å². The fraction of sp³-hybridized carbons (Fsp3) is 0.500. The molecule has 0 saturated carbocycles. The van der Waals surface area contributed by atoms with Crippen LogP contribution in [0.15, 0.2) is 0 Å². The molecule has 0 amide bonds. The number of hydrogen-bond acceptors (Lipinski definition) is 2. The van der Waals surface area contributed by atoms with Crippen LogP contribution in [0.25, 0.3) is 0 Å². The Bertz CT molecular complexity index is 66.7. The van der Waals surface area contributed by atoms with E-state index in [1.807, 2.05) is 0 Å². The molecule has 5 heteroatoms. The first-order chi connectivity index (χ1) is 2.64. The van der Waals surface area contributed by atoms with Gasteiger partial charge in [0.2, 0.25) is 0 Å². The summed E-state index contributed by atoms with van der Waals surface area (Å²) in [5, 5.41) is -1.49. The monoisotopic (exact) mass is 214 g/mol. The summed E-state index contributed by atoms with van der Waals surface area (Å²) in [5.41, 5.74) is 0. The van der Waals surface area contributed by atoms with Gasteiger partial charge < -0.3 is 17.4 Å². The first kappa shape index (κ1) is 10.4. The van der Waals surface area contributed by atoms with Crippen LogP contribution in [0.1, 0.15) is 0 Å². The molecule has 0 heterocycles. The van der Waals surface area contributed by atoms with Gasteiger partial charge in [-0.25, -0.2) is 8.78 Å². The quantitative estimate of drug-likeness (QED) is 0.462. The van der Waals surface area contributed by atoms with E-state index in [4.69, 9.17) is 0 Å². The maximum atomic E-state index is 10.7. The van der Waals surface area contributed by atoms with Crippen LogP contribution in [-0.4, -0.2) is 11.5 Å². The zero-order valence-corrected chi connectivity index (χ0v) is 5.44. The summed E-state index contributed by atoms with van der Waals surface area (Å²) in [6.45, 7) is 0. The molecule has 0 aliphatic carbocycles. The Kier molecular flexibility index (Phi) is 6.71. The smallest absolute Gasteiger partial charge is 0.275 e. The van der Waals surface area contributed by atoms with Crippen molar-refractivity contribution in [3.63, 3.8) is 0 Å². The van der Waals surface area contributed by atoms with Crippen molar-refractivity contribution in [2.75, 3.05) is 0 Å². The SMILES string of the molecule is O=C([S-])C(F)F.[Rh]. The number of carbonyl (C=O) groups excluding carboxylic acids is 1. The Morgan fingerprint density at radius 3 is 1.71 bits per heavy atom. The molecular weight excluding hydrogens is 213 g/mol. The average Bonchev–Trinajstić information content (AvgIpc) is 1.36. The molecular formula is C2HF2ORhS-. The van der Waals surface area contributed by atoms with Crippen molar-refractivity contribution in [3.8, 4) is 0 Å². The van der Waals surface area contributed by atoms with E-state index in [0.29, 0.717) is 0 Å². The molecule has 0 N–H and O–H groups in total. The molecule has 45 valence electrons. The summed E-state index contributed by atoms with van der Waals surface area (Å²) in [5.74, 6) is 0. The van der Waals surface area contributed by atoms with Gasteiger partial charge in [-0.3, -0.25) is 0 Å². The normalized spacial score (nSPS) is 7.86. The third-order valence-corrected chi connectivity index (χ3v) is 0.356. The van der Waals surface area contributed by atoms with Gasteiger partial charge in [-0.2, -0.15) is 0 Å². The second-order valence-corrected chi connectivity index (χ2v) is 1.02. The van der Waals surface area contributed by atoms with Crippen LogP contribution in [0.2, 0.25) is 0 Å². The number of halogens is 2. The van der Waals surface area contributed by atoms with Gasteiger partial charge in [-0.1, -0.05) is 0 Å². The van der Waals surface area contributed by atoms with Crippen LogP contribution in [0.5, 0.6) is 0 Å². The average molecular weight is 214 g/mol. The van der Waals surface area contributed by atoms with E-state index >= 15 is 0 Å². The zero-order chi connectivity index (χ0) is 5.15. The van der Waals surface area contributed by atoms with Gasteiger partial charge in [0.05, 0.1) is 5.12 Å². The number of alkyl halides is 2. The van der Waals surface area contributed by atoms with Crippen molar-refractivity contribution in [2.45, 2.75) is 6.43 Å². The van der Waals surface area contributed by atoms with Crippen LogP contribution in [0.3, 0.4) is 0 Å². The molecule has 0 unspecified atom stereocenters. The summed E-state index contributed by atoms with van der Waals surface area (Å²) in [7, 11) is 0. The summed E-state index contributed by atoms with van der Waals surface area (Å²) >= 11 is 3.51. The molecule has 0 aliphatic heterocycles. The molecule has 0 spiro atoms. The largest absolute Gasteiger partial charge is 0.736 e. The number of rotatable bonds is 1. The second-order valence-electron chi connectivity index (χ2n) is 0.620. The molecule has 1 nitrogen and oxygen atoms in total. The Labute approximate surface area is 57.6 Å². The van der Waals surface area contributed by atoms with Gasteiger partial charge >= 0.3 is 0 Å². The van der Waals surface area contributed by atoms with E-state index in [1.165, 1.54) is 0 Å². The molecule has 0 saturated heterocycles. The Hall–Kier alpha value is 0.373. The second kappa shape index (κ2) is 4.53. The molecule has 0 aromatic heterocycles. The van der Waals surface area contributed by atoms with Gasteiger partial charge in [0.15, 0.2) is 0 Å². The van der Waals surface area contributed by atoms with E-state index in [0.717, 1.165) is 0 Å². The molecule has 0 rings (SSSR count). The third-order valence-electron chi connectivity index (χ3n) is 0.178. The van der Waals surface area contributed by atoms with Crippen LogP contribution in [-0.2, 0) is 36.9 Å². The first-order valence-electron chi connectivity index (χ1n) is 1.13. The molecule has 1 radical (unpaired) electrons. The predicted molar refractivity (Wildman–Crippen MR) is 18.4 cm³/mol. The molecule has 0 atom stereocenters. The minimum atomic E-state index is -2.97. The number of hydrogen-bond donors (Lipinski definition) is 0. The van der Waals surface area contributed by atoms with E-state index < -0.39 is 11.5 Å².